The molecule has 3 rings (SSSR count). The minimum atomic E-state index is -3.78. The maximum atomic E-state index is 12.6. The number of aryl methyl sites for hydroxylation is 1. The summed E-state index contributed by atoms with van der Waals surface area (Å²) in [5, 5.41) is 10.0. The minimum absolute atomic E-state index is 0.131. The average molecular weight is 326 g/mol. The predicted molar refractivity (Wildman–Crippen MR) is 78.9 cm³/mol. The van der Waals surface area contributed by atoms with E-state index < -0.39 is 22.0 Å². The molecule has 1 atom stereocenters. The summed E-state index contributed by atoms with van der Waals surface area (Å²) in [7, 11) is -3.78. The SMILES string of the molecule is Cc1nc2ccc(S(=O)(=O)N3CCC[C@H]3C(=O)O)cc2s1. The lowest BCUT2D eigenvalue weighted by Gasteiger charge is -2.20. The van der Waals surface area contributed by atoms with E-state index in [-0.39, 0.29) is 11.4 Å². The lowest BCUT2D eigenvalue weighted by molar-refractivity contribution is -0.140. The van der Waals surface area contributed by atoms with E-state index in [2.05, 4.69) is 4.98 Å². The van der Waals surface area contributed by atoms with Crippen LogP contribution >= 0.6 is 11.3 Å². The van der Waals surface area contributed by atoms with Gasteiger partial charge in [-0.15, -0.1) is 11.3 Å². The topological polar surface area (TPSA) is 87.6 Å². The van der Waals surface area contributed by atoms with Crippen molar-refractivity contribution in [2.45, 2.75) is 30.7 Å². The number of sulfonamides is 1. The van der Waals surface area contributed by atoms with Crippen LogP contribution in [0.1, 0.15) is 17.8 Å². The first-order valence-electron chi connectivity index (χ1n) is 6.51. The maximum absolute atomic E-state index is 12.6. The van der Waals surface area contributed by atoms with Gasteiger partial charge in [0.2, 0.25) is 10.0 Å². The molecule has 1 aromatic heterocycles. The number of rotatable bonds is 3. The highest BCUT2D eigenvalue weighted by Gasteiger charge is 2.39. The van der Waals surface area contributed by atoms with E-state index in [1.165, 1.54) is 17.4 Å². The monoisotopic (exact) mass is 326 g/mol. The second-order valence-electron chi connectivity index (χ2n) is 4.97. The van der Waals surface area contributed by atoms with Gasteiger partial charge in [-0.2, -0.15) is 4.31 Å². The van der Waals surface area contributed by atoms with Crippen molar-refractivity contribution >= 4 is 37.5 Å². The molecule has 1 saturated heterocycles. The number of carboxylic acids is 1. The van der Waals surface area contributed by atoms with Gasteiger partial charge in [0.1, 0.15) is 6.04 Å². The Morgan fingerprint density at radius 1 is 1.48 bits per heavy atom. The first kappa shape index (κ1) is 14.4. The van der Waals surface area contributed by atoms with Crippen LogP contribution in [0.2, 0.25) is 0 Å². The van der Waals surface area contributed by atoms with Crippen LogP contribution in [0.25, 0.3) is 10.2 Å². The van der Waals surface area contributed by atoms with Gasteiger partial charge in [-0.3, -0.25) is 4.79 Å². The van der Waals surface area contributed by atoms with Crippen molar-refractivity contribution in [3.8, 4) is 0 Å². The average Bonchev–Trinajstić information content (AvgIpc) is 3.02. The van der Waals surface area contributed by atoms with Gasteiger partial charge >= 0.3 is 5.97 Å². The molecule has 2 heterocycles. The third-order valence-electron chi connectivity index (χ3n) is 3.56. The summed E-state index contributed by atoms with van der Waals surface area (Å²) in [6, 6.07) is 3.77. The Bertz CT molecular complexity index is 813. The highest BCUT2D eigenvalue weighted by Crippen LogP contribution is 2.29. The zero-order valence-electron chi connectivity index (χ0n) is 11.3. The molecule has 8 heteroatoms. The summed E-state index contributed by atoms with van der Waals surface area (Å²) >= 11 is 1.42. The van der Waals surface area contributed by atoms with Crippen molar-refractivity contribution in [1.82, 2.24) is 9.29 Å². The fourth-order valence-electron chi connectivity index (χ4n) is 2.59. The van der Waals surface area contributed by atoms with Crippen LogP contribution in [0.15, 0.2) is 23.1 Å². The fraction of sp³-hybridized carbons (Fsp3) is 0.385. The lowest BCUT2D eigenvalue weighted by Crippen LogP contribution is -2.40. The molecule has 0 radical (unpaired) electrons. The van der Waals surface area contributed by atoms with E-state index in [1.807, 2.05) is 6.92 Å². The first-order valence-corrected chi connectivity index (χ1v) is 8.77. The molecule has 1 aromatic carbocycles. The number of hydrogen-bond donors (Lipinski definition) is 1. The molecular weight excluding hydrogens is 312 g/mol. The van der Waals surface area contributed by atoms with Crippen molar-refractivity contribution in [3.05, 3.63) is 23.2 Å². The Balaban J connectivity index is 2.05. The fourth-order valence-corrected chi connectivity index (χ4v) is 5.21. The van der Waals surface area contributed by atoms with Gasteiger partial charge < -0.3 is 5.11 Å². The number of aromatic nitrogens is 1. The van der Waals surface area contributed by atoms with Crippen molar-refractivity contribution < 1.29 is 18.3 Å². The van der Waals surface area contributed by atoms with Crippen molar-refractivity contribution in [3.63, 3.8) is 0 Å². The highest BCUT2D eigenvalue weighted by molar-refractivity contribution is 7.89. The quantitative estimate of drug-likeness (QED) is 0.930. The molecule has 1 N–H and O–H groups in total. The molecule has 0 saturated carbocycles. The van der Waals surface area contributed by atoms with Gasteiger partial charge in [0.25, 0.3) is 0 Å². The second kappa shape index (κ2) is 5.04. The summed E-state index contributed by atoms with van der Waals surface area (Å²) in [6.45, 7) is 2.11. The third-order valence-corrected chi connectivity index (χ3v) is 6.40. The van der Waals surface area contributed by atoms with Crippen LogP contribution in [0, 0.1) is 6.92 Å². The summed E-state index contributed by atoms with van der Waals surface area (Å²) < 4.78 is 27.2. The number of aliphatic carboxylic acids is 1. The molecule has 0 amide bonds. The smallest absolute Gasteiger partial charge is 0.322 e. The molecule has 1 fully saturated rings. The van der Waals surface area contributed by atoms with Gasteiger partial charge in [0.05, 0.1) is 20.1 Å². The van der Waals surface area contributed by atoms with E-state index in [1.54, 1.807) is 12.1 Å². The number of fused-ring (bicyclic) bond motifs is 1. The highest BCUT2D eigenvalue weighted by atomic mass is 32.2. The van der Waals surface area contributed by atoms with Gasteiger partial charge in [0.15, 0.2) is 0 Å². The number of carbonyl (C=O) groups is 1. The molecule has 1 aliphatic rings. The van der Waals surface area contributed by atoms with E-state index in [0.29, 0.717) is 12.8 Å². The van der Waals surface area contributed by atoms with E-state index in [0.717, 1.165) is 19.5 Å². The van der Waals surface area contributed by atoms with Crippen LogP contribution in [-0.4, -0.2) is 41.4 Å². The molecule has 112 valence electrons. The molecule has 0 spiro atoms. The van der Waals surface area contributed by atoms with Crippen LogP contribution in [0.4, 0.5) is 0 Å². The number of hydrogen-bond acceptors (Lipinski definition) is 5. The van der Waals surface area contributed by atoms with Crippen molar-refractivity contribution in [2.24, 2.45) is 0 Å². The third kappa shape index (κ3) is 2.43. The zero-order valence-corrected chi connectivity index (χ0v) is 12.9. The summed E-state index contributed by atoms with van der Waals surface area (Å²) in [6.07, 6.45) is 0.925. The predicted octanol–water partition coefficient (Wildman–Crippen LogP) is 1.84. The molecule has 21 heavy (non-hydrogen) atoms. The molecule has 6 nitrogen and oxygen atoms in total. The Hall–Kier alpha value is -1.51. The molecule has 2 aromatic rings. The van der Waals surface area contributed by atoms with Gasteiger partial charge in [-0.1, -0.05) is 0 Å². The Morgan fingerprint density at radius 3 is 2.95 bits per heavy atom. The van der Waals surface area contributed by atoms with Crippen LogP contribution < -0.4 is 0 Å². The van der Waals surface area contributed by atoms with Gasteiger partial charge in [0, 0.05) is 6.54 Å². The maximum Gasteiger partial charge on any atom is 0.322 e. The standard InChI is InChI=1S/C13H14N2O4S2/c1-8-14-10-5-4-9(7-12(10)20-8)21(18,19)15-6-2-3-11(15)13(16)17/h4-5,7,11H,2-3,6H2,1H3,(H,16,17)/t11-/m0/s1. The first-order chi connectivity index (χ1) is 9.89. The molecule has 0 aliphatic carbocycles. The second-order valence-corrected chi connectivity index (χ2v) is 8.10. The van der Waals surface area contributed by atoms with E-state index >= 15 is 0 Å². The number of carboxylic acid groups (broad SMARTS) is 1. The lowest BCUT2D eigenvalue weighted by atomic mass is 10.2. The summed E-state index contributed by atoms with van der Waals surface area (Å²) in [4.78, 5) is 15.6. The number of thiazole rings is 1. The molecular formula is C13H14N2O4S2. The van der Waals surface area contributed by atoms with E-state index in [9.17, 15) is 13.2 Å². The summed E-state index contributed by atoms with van der Waals surface area (Å²) in [5.74, 6) is -1.09. The van der Waals surface area contributed by atoms with Crippen LogP contribution in [0.3, 0.4) is 0 Å². The van der Waals surface area contributed by atoms with Gasteiger partial charge in [-0.25, -0.2) is 13.4 Å². The van der Waals surface area contributed by atoms with Crippen molar-refractivity contribution in [2.75, 3.05) is 6.54 Å². The van der Waals surface area contributed by atoms with E-state index in [4.69, 9.17) is 5.11 Å². The Labute approximate surface area is 126 Å². The zero-order chi connectivity index (χ0) is 15.2. The normalized spacial score (nSPS) is 20.1. The van der Waals surface area contributed by atoms with Crippen LogP contribution in [-0.2, 0) is 14.8 Å². The molecule has 1 aliphatic heterocycles. The number of nitrogens with zero attached hydrogens (tertiary/aromatic N) is 2. The Morgan fingerprint density at radius 2 is 2.24 bits per heavy atom. The summed E-state index contributed by atoms with van der Waals surface area (Å²) in [5.41, 5.74) is 0.757. The molecule has 0 bridgehead atoms. The number of benzene rings is 1. The Kier molecular flexibility index (Phi) is 3.46. The van der Waals surface area contributed by atoms with Crippen LogP contribution in [0.5, 0.6) is 0 Å². The van der Waals surface area contributed by atoms with Crippen molar-refractivity contribution in [1.29, 1.82) is 0 Å². The minimum Gasteiger partial charge on any atom is -0.480 e. The largest absolute Gasteiger partial charge is 0.480 e. The van der Waals surface area contributed by atoms with Gasteiger partial charge in [-0.05, 0) is 38.0 Å². The molecule has 0 unspecified atom stereocenters.